The number of unbranched alkanes of at least 4 members (excludes halogenated alkanes) is 2. The maximum Gasteiger partial charge on any atom is 0.160 e. The van der Waals surface area contributed by atoms with Crippen LogP contribution in [0.4, 0.5) is 0 Å². The maximum absolute atomic E-state index is 12.4. The van der Waals surface area contributed by atoms with Gasteiger partial charge in [0.15, 0.2) is 5.78 Å². The van der Waals surface area contributed by atoms with Crippen molar-refractivity contribution in [3.8, 4) is 0 Å². The molecule has 0 aliphatic rings. The fourth-order valence-corrected chi connectivity index (χ4v) is 2.82. The molecule has 0 aliphatic carbocycles. The first kappa shape index (κ1) is 22.5. The minimum absolute atomic E-state index is 0. The Morgan fingerprint density at radius 3 is 2.52 bits per heavy atom. The van der Waals surface area contributed by atoms with Crippen LogP contribution in [0.5, 0.6) is 0 Å². The van der Waals surface area contributed by atoms with Gasteiger partial charge in [-0.25, -0.2) is 0 Å². The molecule has 0 aromatic heterocycles. The average molecular weight is 379 g/mol. The lowest BCUT2D eigenvalue weighted by Crippen LogP contribution is -2.27. The third kappa shape index (κ3) is 8.76. The minimum atomic E-state index is 0. The van der Waals surface area contributed by atoms with E-state index >= 15 is 0 Å². The van der Waals surface area contributed by atoms with Gasteiger partial charge in [0.2, 0.25) is 0 Å². The van der Waals surface area contributed by atoms with E-state index in [1.165, 1.54) is 12.8 Å². The molecule has 0 bridgehead atoms. The molecule has 0 radical (unpaired) electrons. The van der Waals surface area contributed by atoms with Crippen LogP contribution in [-0.4, -0.2) is 31.3 Å². The van der Waals surface area contributed by atoms with Gasteiger partial charge in [-0.3, -0.25) is 4.79 Å². The highest BCUT2D eigenvalue weighted by molar-refractivity contribution is 6.35. The predicted molar refractivity (Wildman–Crippen MR) is 104 cm³/mol. The Kier molecular flexibility index (Phi) is 11.6. The number of rotatable bonds is 9. The van der Waals surface area contributed by atoms with Gasteiger partial charge in [-0.15, -0.1) is 12.4 Å². The van der Waals surface area contributed by atoms with Crippen LogP contribution in [0.25, 0.3) is 6.08 Å². The number of allylic oxidation sites excluding steroid dienone is 1. The molecule has 1 atom stereocenters. The van der Waals surface area contributed by atoms with E-state index in [1.54, 1.807) is 24.3 Å². The number of nitrogens with zero attached hydrogens (tertiary/aromatic N) is 1. The third-order valence-corrected chi connectivity index (χ3v) is 4.10. The van der Waals surface area contributed by atoms with E-state index in [0.717, 1.165) is 24.9 Å². The number of hydrogen-bond acceptors (Lipinski definition) is 2. The summed E-state index contributed by atoms with van der Waals surface area (Å²) in [7, 11) is 4.00. The van der Waals surface area contributed by atoms with E-state index in [2.05, 4.69) is 11.8 Å². The van der Waals surface area contributed by atoms with Gasteiger partial charge in [0.05, 0.1) is 0 Å². The van der Waals surface area contributed by atoms with E-state index in [0.29, 0.717) is 10.0 Å². The summed E-state index contributed by atoms with van der Waals surface area (Å²) in [6.07, 6.45) is 7.79. The van der Waals surface area contributed by atoms with Gasteiger partial charge in [-0.1, -0.05) is 55.5 Å². The molecule has 0 amide bonds. The molecule has 1 rings (SSSR count). The van der Waals surface area contributed by atoms with Crippen molar-refractivity contribution in [3.05, 3.63) is 39.9 Å². The Labute approximate surface area is 156 Å². The van der Waals surface area contributed by atoms with Crippen LogP contribution in [0, 0.1) is 5.92 Å². The number of halogens is 3. The van der Waals surface area contributed by atoms with Gasteiger partial charge in [0.1, 0.15) is 0 Å². The second kappa shape index (κ2) is 11.9. The zero-order valence-corrected chi connectivity index (χ0v) is 16.3. The van der Waals surface area contributed by atoms with Crippen molar-refractivity contribution in [3.63, 3.8) is 0 Å². The van der Waals surface area contributed by atoms with Crippen molar-refractivity contribution in [2.45, 2.75) is 32.6 Å². The van der Waals surface area contributed by atoms with Crippen LogP contribution in [0.2, 0.25) is 10.0 Å². The molecule has 1 aromatic rings. The van der Waals surface area contributed by atoms with Crippen molar-refractivity contribution in [2.24, 2.45) is 5.92 Å². The number of hydrogen-bond donors (Lipinski definition) is 0. The first-order valence-corrected chi connectivity index (χ1v) is 8.51. The number of ketones is 1. The fraction of sp³-hybridized carbons (Fsp3) is 0.500. The molecule has 0 saturated heterocycles. The number of carbonyl (C=O) groups is 1. The summed E-state index contributed by atoms with van der Waals surface area (Å²) >= 11 is 12.0. The van der Waals surface area contributed by atoms with Crippen molar-refractivity contribution in [2.75, 3.05) is 20.6 Å². The quantitative estimate of drug-likeness (QED) is 0.402. The lowest BCUT2D eigenvalue weighted by molar-refractivity contribution is -0.118. The second-order valence-electron chi connectivity index (χ2n) is 5.86. The molecule has 0 aliphatic heterocycles. The highest BCUT2D eigenvalue weighted by atomic mass is 35.5. The molecule has 2 nitrogen and oxygen atoms in total. The zero-order chi connectivity index (χ0) is 16.5. The lowest BCUT2D eigenvalue weighted by atomic mass is 9.95. The van der Waals surface area contributed by atoms with Crippen LogP contribution in [0.1, 0.15) is 38.2 Å². The fourth-order valence-electron chi connectivity index (χ4n) is 2.35. The van der Waals surface area contributed by atoms with Crippen molar-refractivity contribution < 1.29 is 4.79 Å². The van der Waals surface area contributed by atoms with Gasteiger partial charge >= 0.3 is 0 Å². The Hall–Kier alpha value is -0.540. The summed E-state index contributed by atoms with van der Waals surface area (Å²) in [5, 5.41) is 1.16. The van der Waals surface area contributed by atoms with Crippen LogP contribution in [0.3, 0.4) is 0 Å². The molecular formula is C18H26Cl3NO. The standard InChI is InChI=1S/C18H25Cl2NO.ClH/c1-4-5-6-7-15(13-21(2)3)18(22)11-9-14-8-10-16(19)12-17(14)20;/h8-12,15H,4-7,13H2,1-3H3;1H/b11-9+;. The maximum atomic E-state index is 12.4. The number of carbonyl (C=O) groups excluding carboxylic acids is 1. The first-order valence-electron chi connectivity index (χ1n) is 7.75. The summed E-state index contributed by atoms with van der Waals surface area (Å²) < 4.78 is 0. The highest BCUT2D eigenvalue weighted by Crippen LogP contribution is 2.22. The number of benzene rings is 1. The predicted octanol–water partition coefficient (Wildman–Crippen LogP) is 5.76. The summed E-state index contributed by atoms with van der Waals surface area (Å²) in [5.74, 6) is 0.208. The van der Waals surface area contributed by atoms with E-state index in [4.69, 9.17) is 23.2 Å². The molecule has 0 spiro atoms. The third-order valence-electron chi connectivity index (χ3n) is 3.53. The van der Waals surface area contributed by atoms with Gasteiger partial charge < -0.3 is 4.90 Å². The van der Waals surface area contributed by atoms with Crippen molar-refractivity contribution >= 4 is 47.5 Å². The molecule has 130 valence electrons. The van der Waals surface area contributed by atoms with Gasteiger partial charge in [-0.2, -0.15) is 0 Å². The molecule has 1 unspecified atom stereocenters. The molecule has 5 heteroatoms. The van der Waals surface area contributed by atoms with E-state index in [9.17, 15) is 4.79 Å². The molecule has 0 fully saturated rings. The van der Waals surface area contributed by atoms with Crippen molar-refractivity contribution in [1.29, 1.82) is 0 Å². The molecule has 0 N–H and O–H groups in total. The van der Waals surface area contributed by atoms with E-state index in [1.807, 2.05) is 20.2 Å². The largest absolute Gasteiger partial charge is 0.309 e. The van der Waals surface area contributed by atoms with E-state index in [-0.39, 0.29) is 24.1 Å². The lowest BCUT2D eigenvalue weighted by Gasteiger charge is -2.18. The Morgan fingerprint density at radius 1 is 1.26 bits per heavy atom. The molecule has 1 aromatic carbocycles. The topological polar surface area (TPSA) is 20.3 Å². The van der Waals surface area contributed by atoms with E-state index < -0.39 is 0 Å². The Bertz CT molecular complexity index is 515. The molecule has 23 heavy (non-hydrogen) atoms. The molecular weight excluding hydrogens is 353 g/mol. The van der Waals surface area contributed by atoms with Crippen LogP contribution in [-0.2, 0) is 4.79 Å². The summed E-state index contributed by atoms with van der Waals surface area (Å²) in [5.41, 5.74) is 0.816. The minimum Gasteiger partial charge on any atom is -0.309 e. The first-order chi connectivity index (χ1) is 10.4. The summed E-state index contributed by atoms with van der Waals surface area (Å²) in [4.78, 5) is 14.5. The van der Waals surface area contributed by atoms with Gasteiger partial charge in [-0.05, 0) is 50.4 Å². The summed E-state index contributed by atoms with van der Waals surface area (Å²) in [6.45, 7) is 2.95. The average Bonchev–Trinajstić information content (AvgIpc) is 2.45. The van der Waals surface area contributed by atoms with Crippen molar-refractivity contribution in [1.82, 2.24) is 4.90 Å². The Morgan fingerprint density at radius 2 is 1.96 bits per heavy atom. The SMILES string of the molecule is CCCCCC(CN(C)C)C(=O)/C=C/c1ccc(Cl)cc1Cl.Cl. The van der Waals surface area contributed by atoms with Crippen LogP contribution >= 0.6 is 35.6 Å². The van der Waals surface area contributed by atoms with Gasteiger partial charge in [0, 0.05) is 22.5 Å². The Balaban J connectivity index is 0.00000484. The zero-order valence-electron chi connectivity index (χ0n) is 14.0. The van der Waals surface area contributed by atoms with Gasteiger partial charge in [0.25, 0.3) is 0 Å². The van der Waals surface area contributed by atoms with Crippen LogP contribution in [0.15, 0.2) is 24.3 Å². The summed E-state index contributed by atoms with van der Waals surface area (Å²) in [6, 6.07) is 5.29. The van der Waals surface area contributed by atoms with Crippen LogP contribution < -0.4 is 0 Å². The smallest absolute Gasteiger partial charge is 0.160 e. The molecule has 0 heterocycles. The molecule has 0 saturated carbocycles. The normalized spacial score (nSPS) is 12.4. The highest BCUT2D eigenvalue weighted by Gasteiger charge is 2.16. The second-order valence-corrected chi connectivity index (χ2v) is 6.70. The monoisotopic (exact) mass is 377 g/mol.